The summed E-state index contributed by atoms with van der Waals surface area (Å²) < 4.78 is 9.84. The fourth-order valence-electron chi connectivity index (χ4n) is 3.36. The van der Waals surface area contributed by atoms with E-state index in [1.165, 1.54) is 19.3 Å². The van der Waals surface area contributed by atoms with Crippen LogP contribution >= 0.6 is 0 Å². The third-order valence-electron chi connectivity index (χ3n) is 4.63. The van der Waals surface area contributed by atoms with E-state index < -0.39 is 5.97 Å². The first-order valence-electron chi connectivity index (χ1n) is 6.87. The molecule has 0 aromatic heterocycles. The van der Waals surface area contributed by atoms with Gasteiger partial charge >= 0.3 is 11.9 Å². The molecule has 0 aromatic rings. The number of carbonyl (C=O) groups excluding carboxylic acids is 2. The van der Waals surface area contributed by atoms with Gasteiger partial charge in [0.05, 0.1) is 12.0 Å². The largest absolute Gasteiger partial charge is 0.463 e. The maximum absolute atomic E-state index is 12.1. The van der Waals surface area contributed by atoms with E-state index in [-0.39, 0.29) is 23.4 Å². The lowest BCUT2D eigenvalue weighted by molar-refractivity contribution is -0.162. The highest BCUT2D eigenvalue weighted by Gasteiger charge is 2.68. The number of carbonyl (C=O) groups is 2. The summed E-state index contributed by atoms with van der Waals surface area (Å²) in [6.45, 7) is 3.78. The SMILES string of the molecule is CCOC(=O)COC(=O)C1(C)CC12CCCCC2. The Labute approximate surface area is 108 Å². The Bertz CT molecular complexity index is 344. The molecule has 1 spiro atoms. The number of rotatable bonds is 4. The number of ether oxygens (including phenoxy) is 2. The summed E-state index contributed by atoms with van der Waals surface area (Å²) in [7, 11) is 0. The fraction of sp³-hybridized carbons (Fsp3) is 0.857. The third kappa shape index (κ3) is 2.25. The molecule has 0 saturated heterocycles. The van der Waals surface area contributed by atoms with E-state index in [2.05, 4.69) is 0 Å². The van der Waals surface area contributed by atoms with Crippen molar-refractivity contribution in [1.82, 2.24) is 0 Å². The molecule has 2 aliphatic carbocycles. The van der Waals surface area contributed by atoms with Crippen molar-refractivity contribution in [2.45, 2.75) is 52.4 Å². The maximum Gasteiger partial charge on any atom is 0.344 e. The van der Waals surface area contributed by atoms with Gasteiger partial charge in [-0.15, -0.1) is 0 Å². The van der Waals surface area contributed by atoms with E-state index in [4.69, 9.17) is 9.47 Å². The van der Waals surface area contributed by atoms with Crippen molar-refractivity contribution in [3.63, 3.8) is 0 Å². The van der Waals surface area contributed by atoms with E-state index in [9.17, 15) is 9.59 Å². The van der Waals surface area contributed by atoms with Crippen molar-refractivity contribution in [1.29, 1.82) is 0 Å². The van der Waals surface area contributed by atoms with Crippen molar-refractivity contribution in [2.24, 2.45) is 10.8 Å². The highest BCUT2D eigenvalue weighted by molar-refractivity contribution is 5.83. The zero-order valence-electron chi connectivity index (χ0n) is 11.3. The molecule has 2 rings (SSSR count). The molecular formula is C14H22O4. The van der Waals surface area contributed by atoms with Crippen molar-refractivity contribution in [2.75, 3.05) is 13.2 Å². The summed E-state index contributed by atoms with van der Waals surface area (Å²) in [6, 6.07) is 0. The zero-order valence-corrected chi connectivity index (χ0v) is 11.3. The van der Waals surface area contributed by atoms with Crippen LogP contribution < -0.4 is 0 Å². The summed E-state index contributed by atoms with van der Waals surface area (Å²) in [4.78, 5) is 23.2. The minimum absolute atomic E-state index is 0.164. The van der Waals surface area contributed by atoms with Crippen molar-refractivity contribution >= 4 is 11.9 Å². The summed E-state index contributed by atoms with van der Waals surface area (Å²) in [5.41, 5.74) is -0.198. The van der Waals surface area contributed by atoms with Gasteiger partial charge in [0.1, 0.15) is 0 Å². The van der Waals surface area contributed by atoms with Crippen molar-refractivity contribution in [3.8, 4) is 0 Å². The molecule has 0 heterocycles. The summed E-state index contributed by atoms with van der Waals surface area (Å²) in [5, 5.41) is 0. The molecule has 4 nitrogen and oxygen atoms in total. The Morgan fingerprint density at radius 1 is 1.11 bits per heavy atom. The molecule has 0 bridgehead atoms. The van der Waals surface area contributed by atoms with E-state index in [1.54, 1.807) is 6.92 Å². The lowest BCUT2D eigenvalue weighted by atomic mass is 9.80. The first-order chi connectivity index (χ1) is 8.54. The van der Waals surface area contributed by atoms with Crippen molar-refractivity contribution < 1.29 is 19.1 Å². The second-order valence-corrected chi connectivity index (χ2v) is 5.73. The minimum atomic E-state index is -0.465. The molecule has 2 fully saturated rings. The number of hydrogen-bond acceptors (Lipinski definition) is 4. The van der Waals surface area contributed by atoms with E-state index >= 15 is 0 Å². The van der Waals surface area contributed by atoms with Gasteiger partial charge in [-0.2, -0.15) is 0 Å². The quantitative estimate of drug-likeness (QED) is 0.723. The number of esters is 2. The maximum atomic E-state index is 12.1. The van der Waals surface area contributed by atoms with Crippen LogP contribution in [0.15, 0.2) is 0 Å². The molecule has 1 atom stereocenters. The molecule has 0 aromatic carbocycles. The second-order valence-electron chi connectivity index (χ2n) is 5.73. The smallest absolute Gasteiger partial charge is 0.344 e. The third-order valence-corrected chi connectivity index (χ3v) is 4.63. The van der Waals surface area contributed by atoms with E-state index in [0.29, 0.717) is 6.61 Å². The van der Waals surface area contributed by atoms with Gasteiger partial charge in [0.15, 0.2) is 6.61 Å². The van der Waals surface area contributed by atoms with E-state index in [0.717, 1.165) is 19.3 Å². The average molecular weight is 254 g/mol. The van der Waals surface area contributed by atoms with Gasteiger partial charge in [-0.1, -0.05) is 19.3 Å². The summed E-state index contributed by atoms with van der Waals surface area (Å²) >= 11 is 0. The summed E-state index contributed by atoms with van der Waals surface area (Å²) in [6.07, 6.45) is 6.86. The average Bonchev–Trinajstić information content (AvgIpc) is 2.93. The molecule has 18 heavy (non-hydrogen) atoms. The van der Waals surface area contributed by atoms with Crippen LogP contribution in [0.2, 0.25) is 0 Å². The molecule has 2 aliphatic rings. The van der Waals surface area contributed by atoms with Gasteiger partial charge in [0.2, 0.25) is 0 Å². The molecule has 0 amide bonds. The Hall–Kier alpha value is -1.06. The molecule has 1 unspecified atom stereocenters. The molecule has 0 radical (unpaired) electrons. The predicted octanol–water partition coefficient (Wildman–Crippen LogP) is 2.45. The van der Waals surface area contributed by atoms with Crippen LogP contribution in [0.5, 0.6) is 0 Å². The monoisotopic (exact) mass is 254 g/mol. The molecule has 0 N–H and O–H groups in total. The van der Waals surface area contributed by atoms with Crippen LogP contribution in [-0.2, 0) is 19.1 Å². The van der Waals surface area contributed by atoms with Gasteiger partial charge in [0.25, 0.3) is 0 Å². The Kier molecular flexibility index (Phi) is 3.64. The fourth-order valence-corrected chi connectivity index (χ4v) is 3.36. The zero-order chi connectivity index (χ0) is 13.2. The van der Waals surface area contributed by atoms with Gasteiger partial charge in [-0.05, 0) is 38.5 Å². The molecular weight excluding hydrogens is 232 g/mol. The van der Waals surface area contributed by atoms with Gasteiger partial charge in [-0.25, -0.2) is 4.79 Å². The second kappa shape index (κ2) is 4.90. The predicted molar refractivity (Wildman–Crippen MR) is 65.8 cm³/mol. The van der Waals surface area contributed by atoms with E-state index in [1.807, 2.05) is 6.92 Å². The Morgan fingerprint density at radius 3 is 2.39 bits per heavy atom. The van der Waals surface area contributed by atoms with Crippen LogP contribution in [0.25, 0.3) is 0 Å². The van der Waals surface area contributed by atoms with Crippen LogP contribution in [0, 0.1) is 10.8 Å². The molecule has 102 valence electrons. The summed E-state index contributed by atoms with van der Waals surface area (Å²) in [5.74, 6) is -0.690. The standard InChI is InChI=1S/C14H22O4/c1-3-17-11(15)9-18-12(16)13(2)10-14(13)7-5-4-6-8-14/h3-10H2,1-2H3. The first kappa shape index (κ1) is 13.4. The Balaban J connectivity index is 1.85. The number of hydrogen-bond donors (Lipinski definition) is 0. The van der Waals surface area contributed by atoms with Crippen LogP contribution in [0.1, 0.15) is 52.4 Å². The van der Waals surface area contributed by atoms with Crippen LogP contribution in [0.4, 0.5) is 0 Å². The molecule has 4 heteroatoms. The topological polar surface area (TPSA) is 52.6 Å². The molecule has 2 saturated carbocycles. The highest BCUT2D eigenvalue weighted by Crippen LogP contribution is 2.70. The Morgan fingerprint density at radius 2 is 1.78 bits per heavy atom. The lowest BCUT2D eigenvalue weighted by Crippen LogP contribution is -2.27. The normalized spacial score (nSPS) is 28.8. The van der Waals surface area contributed by atoms with Gasteiger partial charge in [0, 0.05) is 0 Å². The minimum Gasteiger partial charge on any atom is -0.463 e. The van der Waals surface area contributed by atoms with Crippen LogP contribution in [0.3, 0.4) is 0 Å². The van der Waals surface area contributed by atoms with Gasteiger partial charge < -0.3 is 9.47 Å². The van der Waals surface area contributed by atoms with Crippen LogP contribution in [-0.4, -0.2) is 25.2 Å². The van der Waals surface area contributed by atoms with Gasteiger partial charge in [-0.3, -0.25) is 4.79 Å². The van der Waals surface area contributed by atoms with Crippen molar-refractivity contribution in [3.05, 3.63) is 0 Å². The first-order valence-corrected chi connectivity index (χ1v) is 6.87. The highest BCUT2D eigenvalue weighted by atomic mass is 16.6. The molecule has 0 aliphatic heterocycles. The lowest BCUT2D eigenvalue weighted by Gasteiger charge is -2.25.